The average Bonchev–Trinajstić information content (AvgIpc) is 2.91. The minimum absolute atomic E-state index is 0.0701. The standard InChI is InChI=1S/C14H16N4O/c1-11-4-2-5-12-6-3-7-18(14(11)12)13(19)8-17-10-15-9-16-17/h2,4-5,9-10H,3,6-8H2,1H3. The molecule has 0 aliphatic carbocycles. The maximum Gasteiger partial charge on any atom is 0.248 e. The number of carbonyl (C=O) groups excluding carboxylic acids is 1. The zero-order valence-electron chi connectivity index (χ0n) is 10.9. The van der Waals surface area contributed by atoms with E-state index in [-0.39, 0.29) is 12.5 Å². The number of amides is 1. The molecule has 1 aromatic carbocycles. The Hall–Kier alpha value is -2.17. The molecule has 1 aliphatic rings. The van der Waals surface area contributed by atoms with Crippen molar-refractivity contribution in [1.82, 2.24) is 14.8 Å². The van der Waals surface area contributed by atoms with Gasteiger partial charge in [-0.25, -0.2) is 9.67 Å². The number of benzene rings is 1. The van der Waals surface area contributed by atoms with Crippen LogP contribution in [0.25, 0.3) is 0 Å². The molecular weight excluding hydrogens is 240 g/mol. The molecule has 0 bridgehead atoms. The summed E-state index contributed by atoms with van der Waals surface area (Å²) >= 11 is 0. The van der Waals surface area contributed by atoms with Crippen LogP contribution in [0.2, 0.25) is 0 Å². The highest BCUT2D eigenvalue weighted by molar-refractivity contribution is 5.95. The monoisotopic (exact) mass is 256 g/mol. The van der Waals surface area contributed by atoms with Gasteiger partial charge in [0.25, 0.3) is 0 Å². The second-order valence-electron chi connectivity index (χ2n) is 4.82. The topological polar surface area (TPSA) is 51.0 Å². The van der Waals surface area contributed by atoms with Crippen molar-refractivity contribution in [3.05, 3.63) is 42.0 Å². The summed E-state index contributed by atoms with van der Waals surface area (Å²) in [6, 6.07) is 6.22. The number of nitrogens with zero attached hydrogens (tertiary/aromatic N) is 4. The third-order valence-electron chi connectivity index (χ3n) is 3.48. The predicted octanol–water partition coefficient (Wildman–Crippen LogP) is 1.57. The minimum Gasteiger partial charge on any atom is -0.310 e. The lowest BCUT2D eigenvalue weighted by molar-refractivity contribution is -0.119. The van der Waals surface area contributed by atoms with Crippen molar-refractivity contribution in [3.63, 3.8) is 0 Å². The molecule has 5 nitrogen and oxygen atoms in total. The van der Waals surface area contributed by atoms with Crippen LogP contribution in [0.1, 0.15) is 17.5 Å². The number of para-hydroxylation sites is 1. The second-order valence-corrected chi connectivity index (χ2v) is 4.82. The summed E-state index contributed by atoms with van der Waals surface area (Å²) in [5.41, 5.74) is 3.50. The zero-order valence-corrected chi connectivity index (χ0v) is 10.9. The number of anilines is 1. The molecule has 5 heteroatoms. The number of carbonyl (C=O) groups is 1. The van der Waals surface area contributed by atoms with Crippen LogP contribution in [0.15, 0.2) is 30.9 Å². The van der Waals surface area contributed by atoms with Gasteiger partial charge in [-0.05, 0) is 30.9 Å². The minimum atomic E-state index is 0.0701. The number of fused-ring (bicyclic) bond motifs is 1. The van der Waals surface area contributed by atoms with Gasteiger partial charge in [0.05, 0.1) is 0 Å². The third kappa shape index (κ3) is 2.23. The molecule has 1 amide bonds. The Morgan fingerprint density at radius 2 is 2.32 bits per heavy atom. The fourth-order valence-corrected chi connectivity index (χ4v) is 2.63. The van der Waals surface area contributed by atoms with Crippen molar-refractivity contribution in [2.45, 2.75) is 26.3 Å². The lowest BCUT2D eigenvalue weighted by Gasteiger charge is -2.31. The molecule has 0 atom stereocenters. The van der Waals surface area contributed by atoms with Crippen LogP contribution in [0.5, 0.6) is 0 Å². The van der Waals surface area contributed by atoms with E-state index in [2.05, 4.69) is 35.2 Å². The highest BCUT2D eigenvalue weighted by Crippen LogP contribution is 2.30. The van der Waals surface area contributed by atoms with E-state index in [1.54, 1.807) is 11.0 Å². The molecule has 3 rings (SSSR count). The summed E-state index contributed by atoms with van der Waals surface area (Å²) in [5.74, 6) is 0.0701. The van der Waals surface area contributed by atoms with Gasteiger partial charge in [-0.3, -0.25) is 4.79 Å². The first-order valence-corrected chi connectivity index (χ1v) is 6.47. The quantitative estimate of drug-likeness (QED) is 0.819. The first kappa shape index (κ1) is 11.9. The Kier molecular flexibility index (Phi) is 3.03. The van der Waals surface area contributed by atoms with E-state index in [0.29, 0.717) is 0 Å². The number of aryl methyl sites for hydroxylation is 2. The van der Waals surface area contributed by atoms with Crippen molar-refractivity contribution in [3.8, 4) is 0 Å². The fourth-order valence-electron chi connectivity index (χ4n) is 2.63. The lowest BCUT2D eigenvalue weighted by Crippen LogP contribution is -2.38. The van der Waals surface area contributed by atoms with Gasteiger partial charge in [0.1, 0.15) is 19.2 Å². The van der Waals surface area contributed by atoms with E-state index in [4.69, 9.17) is 0 Å². The summed E-state index contributed by atoms with van der Waals surface area (Å²) in [6.45, 7) is 3.08. The number of rotatable bonds is 2. The van der Waals surface area contributed by atoms with Gasteiger partial charge in [-0.2, -0.15) is 5.10 Å². The van der Waals surface area contributed by atoms with Crippen LogP contribution < -0.4 is 4.90 Å². The Bertz CT molecular complexity index is 591. The van der Waals surface area contributed by atoms with Crippen molar-refractivity contribution >= 4 is 11.6 Å². The Morgan fingerprint density at radius 3 is 3.11 bits per heavy atom. The molecule has 98 valence electrons. The van der Waals surface area contributed by atoms with E-state index in [1.165, 1.54) is 11.9 Å². The number of hydrogen-bond donors (Lipinski definition) is 0. The van der Waals surface area contributed by atoms with Crippen LogP contribution in [0.4, 0.5) is 5.69 Å². The van der Waals surface area contributed by atoms with E-state index >= 15 is 0 Å². The molecule has 1 aromatic heterocycles. The van der Waals surface area contributed by atoms with Gasteiger partial charge in [-0.15, -0.1) is 0 Å². The predicted molar refractivity (Wildman–Crippen MR) is 71.9 cm³/mol. The van der Waals surface area contributed by atoms with Crippen LogP contribution in [-0.2, 0) is 17.8 Å². The largest absolute Gasteiger partial charge is 0.310 e. The van der Waals surface area contributed by atoms with Crippen molar-refractivity contribution in [1.29, 1.82) is 0 Å². The van der Waals surface area contributed by atoms with Gasteiger partial charge < -0.3 is 4.90 Å². The first-order chi connectivity index (χ1) is 9.25. The van der Waals surface area contributed by atoms with E-state index in [0.717, 1.165) is 30.6 Å². The fraction of sp³-hybridized carbons (Fsp3) is 0.357. The summed E-state index contributed by atoms with van der Waals surface area (Å²) in [6.07, 6.45) is 5.08. The summed E-state index contributed by atoms with van der Waals surface area (Å²) in [5, 5.41) is 3.99. The van der Waals surface area contributed by atoms with Gasteiger partial charge in [0.15, 0.2) is 0 Å². The van der Waals surface area contributed by atoms with Crippen molar-refractivity contribution in [2.75, 3.05) is 11.4 Å². The molecule has 0 N–H and O–H groups in total. The smallest absolute Gasteiger partial charge is 0.248 e. The molecule has 0 radical (unpaired) electrons. The molecular formula is C14H16N4O. The van der Waals surface area contributed by atoms with Crippen LogP contribution in [0, 0.1) is 6.92 Å². The van der Waals surface area contributed by atoms with Gasteiger partial charge in [0.2, 0.25) is 5.91 Å². The molecule has 0 saturated heterocycles. The number of hydrogen-bond acceptors (Lipinski definition) is 3. The van der Waals surface area contributed by atoms with E-state index in [9.17, 15) is 4.79 Å². The number of aromatic nitrogens is 3. The molecule has 0 unspecified atom stereocenters. The maximum atomic E-state index is 12.4. The van der Waals surface area contributed by atoms with Crippen LogP contribution >= 0.6 is 0 Å². The molecule has 2 heterocycles. The maximum absolute atomic E-state index is 12.4. The summed E-state index contributed by atoms with van der Waals surface area (Å²) in [7, 11) is 0. The molecule has 1 aliphatic heterocycles. The average molecular weight is 256 g/mol. The van der Waals surface area contributed by atoms with Gasteiger partial charge in [-0.1, -0.05) is 18.2 Å². The van der Waals surface area contributed by atoms with Crippen molar-refractivity contribution < 1.29 is 4.79 Å². The molecule has 0 spiro atoms. The Labute approximate surface area is 111 Å². The second kappa shape index (κ2) is 4.84. The first-order valence-electron chi connectivity index (χ1n) is 6.47. The molecule has 2 aromatic rings. The molecule has 0 saturated carbocycles. The SMILES string of the molecule is Cc1cccc2c1N(C(=O)Cn1cncn1)CCC2. The van der Waals surface area contributed by atoms with Crippen LogP contribution in [0.3, 0.4) is 0 Å². The van der Waals surface area contributed by atoms with Crippen LogP contribution in [-0.4, -0.2) is 27.2 Å². The summed E-state index contributed by atoms with van der Waals surface area (Å²) < 4.78 is 1.56. The van der Waals surface area contributed by atoms with Crippen molar-refractivity contribution in [2.24, 2.45) is 0 Å². The van der Waals surface area contributed by atoms with E-state index < -0.39 is 0 Å². The third-order valence-corrected chi connectivity index (χ3v) is 3.48. The normalized spacial score (nSPS) is 14.3. The highest BCUT2D eigenvalue weighted by atomic mass is 16.2. The summed E-state index contributed by atoms with van der Waals surface area (Å²) in [4.78, 5) is 18.2. The van der Waals surface area contributed by atoms with Gasteiger partial charge >= 0.3 is 0 Å². The molecule has 0 fully saturated rings. The Morgan fingerprint density at radius 1 is 1.42 bits per heavy atom. The highest BCUT2D eigenvalue weighted by Gasteiger charge is 2.24. The van der Waals surface area contributed by atoms with E-state index in [1.807, 2.05) is 4.90 Å². The molecule has 19 heavy (non-hydrogen) atoms. The Balaban J connectivity index is 1.89. The zero-order chi connectivity index (χ0) is 13.2. The van der Waals surface area contributed by atoms with Gasteiger partial charge in [0, 0.05) is 12.2 Å². The lowest BCUT2D eigenvalue weighted by atomic mass is 9.98.